The van der Waals surface area contributed by atoms with Gasteiger partial charge in [-0.2, -0.15) is 0 Å². The maximum atomic E-state index is 11.2. The van der Waals surface area contributed by atoms with E-state index in [0.717, 1.165) is 18.4 Å². The summed E-state index contributed by atoms with van der Waals surface area (Å²) in [6.07, 6.45) is 3.33. The lowest BCUT2D eigenvalue weighted by molar-refractivity contribution is -0.134. The second-order valence-corrected chi connectivity index (χ2v) is 5.53. The van der Waals surface area contributed by atoms with Crippen molar-refractivity contribution in [2.45, 2.75) is 26.7 Å². The molecule has 0 unspecified atom stereocenters. The summed E-state index contributed by atoms with van der Waals surface area (Å²) in [5, 5.41) is 0. The van der Waals surface area contributed by atoms with Gasteiger partial charge in [0.2, 0.25) is 0 Å². The molecule has 0 saturated heterocycles. The zero-order valence-electron chi connectivity index (χ0n) is 13.4. The number of ether oxygens (including phenoxy) is 1. The number of aryl methyl sites for hydroxylation is 2. The molecule has 0 aliphatic heterocycles. The van der Waals surface area contributed by atoms with Crippen molar-refractivity contribution in [3.05, 3.63) is 71.3 Å². The summed E-state index contributed by atoms with van der Waals surface area (Å²) in [7, 11) is 1.40. The van der Waals surface area contributed by atoms with Gasteiger partial charge < -0.3 is 4.74 Å². The van der Waals surface area contributed by atoms with Gasteiger partial charge in [-0.1, -0.05) is 54.1 Å². The third-order valence-corrected chi connectivity index (χ3v) is 3.76. The van der Waals surface area contributed by atoms with E-state index >= 15 is 0 Å². The number of carbonyl (C=O) groups excluding carboxylic acids is 1. The van der Waals surface area contributed by atoms with Crippen molar-refractivity contribution in [1.82, 2.24) is 0 Å². The number of allylic oxidation sites excluding steroid dienone is 1. The quantitative estimate of drug-likeness (QED) is 0.589. The molecule has 0 N–H and O–H groups in total. The number of methoxy groups -OCH3 is 1. The highest BCUT2D eigenvalue weighted by Crippen LogP contribution is 2.24. The lowest BCUT2D eigenvalue weighted by atomic mass is 9.97. The van der Waals surface area contributed by atoms with Gasteiger partial charge in [0.25, 0.3) is 0 Å². The average Bonchev–Trinajstić information content (AvgIpc) is 2.53. The van der Waals surface area contributed by atoms with Gasteiger partial charge in [0.15, 0.2) is 0 Å². The molecule has 0 fully saturated rings. The van der Waals surface area contributed by atoms with Crippen LogP contribution in [0.25, 0.3) is 11.1 Å². The van der Waals surface area contributed by atoms with E-state index in [-0.39, 0.29) is 5.97 Å². The topological polar surface area (TPSA) is 26.3 Å². The first-order chi connectivity index (χ1) is 10.6. The SMILES string of the molecule is COC(=O)/C=C(\C)CCc1cccc(-c2ccccc2C)c1. The molecule has 0 aliphatic carbocycles. The van der Waals surface area contributed by atoms with E-state index in [1.165, 1.54) is 29.4 Å². The van der Waals surface area contributed by atoms with Gasteiger partial charge in [0.1, 0.15) is 0 Å². The molecule has 0 heterocycles. The largest absolute Gasteiger partial charge is 0.466 e. The van der Waals surface area contributed by atoms with Crippen molar-refractivity contribution in [3.63, 3.8) is 0 Å². The summed E-state index contributed by atoms with van der Waals surface area (Å²) in [6, 6.07) is 17.0. The van der Waals surface area contributed by atoms with Gasteiger partial charge in [0, 0.05) is 6.08 Å². The Morgan fingerprint density at radius 1 is 1.14 bits per heavy atom. The molecule has 0 saturated carbocycles. The molecule has 0 atom stereocenters. The Labute approximate surface area is 132 Å². The van der Waals surface area contributed by atoms with Crippen molar-refractivity contribution in [2.75, 3.05) is 7.11 Å². The normalized spacial score (nSPS) is 11.3. The molecule has 22 heavy (non-hydrogen) atoms. The second-order valence-electron chi connectivity index (χ2n) is 5.53. The van der Waals surface area contributed by atoms with Crippen LogP contribution >= 0.6 is 0 Å². The molecular formula is C20H22O2. The molecule has 0 amide bonds. The third-order valence-electron chi connectivity index (χ3n) is 3.76. The predicted molar refractivity (Wildman–Crippen MR) is 90.7 cm³/mol. The highest BCUT2D eigenvalue weighted by atomic mass is 16.5. The number of benzene rings is 2. The van der Waals surface area contributed by atoms with Crippen LogP contribution in [0.1, 0.15) is 24.5 Å². The van der Waals surface area contributed by atoms with Crippen LogP contribution in [-0.4, -0.2) is 13.1 Å². The summed E-state index contributed by atoms with van der Waals surface area (Å²) in [5.74, 6) is -0.286. The van der Waals surface area contributed by atoms with Gasteiger partial charge in [-0.05, 0) is 48.9 Å². The van der Waals surface area contributed by atoms with Crippen LogP contribution in [0.3, 0.4) is 0 Å². The first kappa shape index (κ1) is 16.0. The zero-order valence-corrected chi connectivity index (χ0v) is 13.4. The Kier molecular flexibility index (Phi) is 5.54. The summed E-state index contributed by atoms with van der Waals surface area (Å²) in [6.45, 7) is 4.09. The van der Waals surface area contributed by atoms with Crippen LogP contribution in [0.5, 0.6) is 0 Å². The standard InChI is InChI=1S/C20H22O2/c1-15(13-20(21)22-3)11-12-17-8-6-9-18(14-17)19-10-5-4-7-16(19)2/h4-10,13-14H,11-12H2,1-3H3/b15-13+. The van der Waals surface area contributed by atoms with Crippen molar-refractivity contribution in [2.24, 2.45) is 0 Å². The molecule has 0 aromatic heterocycles. The van der Waals surface area contributed by atoms with Gasteiger partial charge in [0.05, 0.1) is 7.11 Å². The Morgan fingerprint density at radius 2 is 1.91 bits per heavy atom. The Hall–Kier alpha value is -2.35. The molecule has 0 aliphatic rings. The first-order valence-corrected chi connectivity index (χ1v) is 7.50. The van der Waals surface area contributed by atoms with Crippen LogP contribution in [0.4, 0.5) is 0 Å². The van der Waals surface area contributed by atoms with E-state index < -0.39 is 0 Å². The maximum Gasteiger partial charge on any atom is 0.330 e. The van der Waals surface area contributed by atoms with Crippen LogP contribution < -0.4 is 0 Å². The fourth-order valence-electron chi connectivity index (χ4n) is 2.46. The van der Waals surface area contributed by atoms with Crippen molar-refractivity contribution < 1.29 is 9.53 Å². The molecule has 2 aromatic carbocycles. The minimum atomic E-state index is -0.286. The summed E-state index contributed by atoms with van der Waals surface area (Å²) < 4.78 is 4.65. The fourth-order valence-corrected chi connectivity index (χ4v) is 2.46. The highest BCUT2D eigenvalue weighted by molar-refractivity contribution is 5.82. The average molecular weight is 294 g/mol. The zero-order chi connectivity index (χ0) is 15.9. The number of rotatable bonds is 5. The molecule has 0 bridgehead atoms. The van der Waals surface area contributed by atoms with E-state index in [9.17, 15) is 4.79 Å². The summed E-state index contributed by atoms with van der Waals surface area (Å²) in [4.78, 5) is 11.2. The van der Waals surface area contributed by atoms with E-state index in [0.29, 0.717) is 0 Å². The highest BCUT2D eigenvalue weighted by Gasteiger charge is 2.03. The fraction of sp³-hybridized carbons (Fsp3) is 0.250. The van der Waals surface area contributed by atoms with E-state index in [1.807, 2.05) is 6.92 Å². The number of hydrogen-bond acceptors (Lipinski definition) is 2. The Bertz CT molecular complexity index is 684. The van der Waals surface area contributed by atoms with Crippen LogP contribution in [-0.2, 0) is 16.0 Å². The minimum absolute atomic E-state index is 0.286. The number of hydrogen-bond donors (Lipinski definition) is 0. The Morgan fingerprint density at radius 3 is 2.64 bits per heavy atom. The minimum Gasteiger partial charge on any atom is -0.466 e. The van der Waals surface area contributed by atoms with E-state index in [2.05, 4.69) is 60.2 Å². The van der Waals surface area contributed by atoms with Gasteiger partial charge in [-0.25, -0.2) is 4.79 Å². The molecule has 114 valence electrons. The van der Waals surface area contributed by atoms with Crippen LogP contribution in [0, 0.1) is 6.92 Å². The predicted octanol–water partition coefficient (Wildman–Crippen LogP) is 4.71. The lowest BCUT2D eigenvalue weighted by Crippen LogP contribution is -1.97. The number of carbonyl (C=O) groups is 1. The van der Waals surface area contributed by atoms with Gasteiger partial charge >= 0.3 is 5.97 Å². The molecule has 2 rings (SSSR count). The first-order valence-electron chi connectivity index (χ1n) is 7.50. The maximum absolute atomic E-state index is 11.2. The molecular weight excluding hydrogens is 272 g/mol. The smallest absolute Gasteiger partial charge is 0.330 e. The van der Waals surface area contributed by atoms with Crippen molar-refractivity contribution in [1.29, 1.82) is 0 Å². The van der Waals surface area contributed by atoms with E-state index in [4.69, 9.17) is 0 Å². The van der Waals surface area contributed by atoms with Gasteiger partial charge in [-0.15, -0.1) is 0 Å². The second kappa shape index (κ2) is 7.60. The van der Waals surface area contributed by atoms with Gasteiger partial charge in [-0.3, -0.25) is 0 Å². The summed E-state index contributed by atoms with van der Waals surface area (Å²) >= 11 is 0. The molecule has 0 spiro atoms. The Balaban J connectivity index is 2.11. The van der Waals surface area contributed by atoms with Crippen molar-refractivity contribution >= 4 is 5.97 Å². The summed E-state index contributed by atoms with van der Waals surface area (Å²) in [5.41, 5.74) is 6.10. The van der Waals surface area contributed by atoms with E-state index in [1.54, 1.807) is 6.08 Å². The third kappa shape index (κ3) is 4.32. The monoisotopic (exact) mass is 294 g/mol. The molecule has 2 heteroatoms. The molecule has 0 radical (unpaired) electrons. The molecule has 2 aromatic rings. The number of esters is 1. The molecule has 2 nitrogen and oxygen atoms in total. The lowest BCUT2D eigenvalue weighted by Gasteiger charge is -2.08. The van der Waals surface area contributed by atoms with Crippen molar-refractivity contribution in [3.8, 4) is 11.1 Å². The van der Waals surface area contributed by atoms with Crippen LogP contribution in [0.2, 0.25) is 0 Å². The van der Waals surface area contributed by atoms with Crippen LogP contribution in [0.15, 0.2) is 60.2 Å².